The molecule has 1 aliphatic rings. The fourth-order valence-corrected chi connectivity index (χ4v) is 3.98. The number of aromatic nitrogens is 4. The van der Waals surface area contributed by atoms with E-state index in [4.69, 9.17) is 4.52 Å². The van der Waals surface area contributed by atoms with E-state index >= 15 is 0 Å². The molecule has 1 fully saturated rings. The number of nitrogens with zero attached hydrogens (tertiary/aromatic N) is 4. The molecule has 2 aromatic heterocycles. The normalized spacial score (nSPS) is 15.4. The minimum Gasteiger partial charge on any atom is -0.347 e. The van der Waals surface area contributed by atoms with Gasteiger partial charge in [0.25, 0.3) is 0 Å². The molecule has 0 radical (unpaired) electrons. The number of imidazole rings is 1. The predicted molar refractivity (Wildman–Crippen MR) is 116 cm³/mol. The second-order valence-electron chi connectivity index (χ2n) is 7.85. The zero-order chi connectivity index (χ0) is 21.0. The molecule has 0 atom stereocenters. The number of amides is 1. The second-order valence-corrected chi connectivity index (χ2v) is 7.85. The topological polar surface area (TPSA) is 99.9 Å². The number of hydrogen-bond donors (Lipinski definition) is 2. The molecule has 0 saturated carbocycles. The molecule has 5 rings (SSSR count). The Morgan fingerprint density at radius 2 is 1.84 bits per heavy atom. The first kappa shape index (κ1) is 19.4. The van der Waals surface area contributed by atoms with Crippen LogP contribution in [-0.2, 0) is 17.9 Å². The Morgan fingerprint density at radius 3 is 2.65 bits per heavy atom. The van der Waals surface area contributed by atoms with E-state index in [9.17, 15) is 4.79 Å². The lowest BCUT2D eigenvalue weighted by molar-refractivity contribution is -0.126. The molecule has 2 N–H and O–H groups in total. The highest BCUT2D eigenvalue weighted by Gasteiger charge is 2.25. The lowest BCUT2D eigenvalue weighted by Crippen LogP contribution is -2.40. The Bertz CT molecular complexity index is 1130. The van der Waals surface area contributed by atoms with E-state index in [1.54, 1.807) is 0 Å². The van der Waals surface area contributed by atoms with Crippen LogP contribution in [0.3, 0.4) is 0 Å². The van der Waals surface area contributed by atoms with E-state index < -0.39 is 0 Å². The van der Waals surface area contributed by atoms with Crippen LogP contribution < -0.4 is 5.32 Å². The van der Waals surface area contributed by atoms with Gasteiger partial charge in [-0.15, -0.1) is 0 Å². The molecule has 31 heavy (non-hydrogen) atoms. The van der Waals surface area contributed by atoms with Gasteiger partial charge in [0, 0.05) is 11.5 Å². The third-order valence-corrected chi connectivity index (χ3v) is 5.68. The Hall–Kier alpha value is -3.52. The molecule has 3 heterocycles. The summed E-state index contributed by atoms with van der Waals surface area (Å²) in [7, 11) is 0. The SMILES string of the molecule is O=C(NCc1nc(-c2ccccc2)no1)C1CCN(Cc2nc3ccccc3[nH]2)CC1. The maximum absolute atomic E-state index is 12.6. The van der Waals surface area contributed by atoms with Crippen LogP contribution in [0.4, 0.5) is 0 Å². The number of benzene rings is 2. The number of nitrogens with one attached hydrogen (secondary N) is 2. The molecule has 4 aromatic rings. The van der Waals surface area contributed by atoms with Gasteiger partial charge < -0.3 is 14.8 Å². The molecule has 0 unspecified atom stereocenters. The van der Waals surface area contributed by atoms with Crippen molar-refractivity contribution in [2.24, 2.45) is 5.92 Å². The number of carbonyl (C=O) groups excluding carboxylic acids is 1. The van der Waals surface area contributed by atoms with Gasteiger partial charge in [0.1, 0.15) is 5.82 Å². The number of likely N-dealkylation sites (tertiary alicyclic amines) is 1. The highest BCUT2D eigenvalue weighted by Crippen LogP contribution is 2.20. The molecular weight excluding hydrogens is 392 g/mol. The van der Waals surface area contributed by atoms with Crippen molar-refractivity contribution in [3.8, 4) is 11.4 Å². The minimum atomic E-state index is 0.00318. The number of aromatic amines is 1. The predicted octanol–water partition coefficient (Wildman–Crippen LogP) is 3.14. The Kier molecular flexibility index (Phi) is 5.45. The first-order valence-corrected chi connectivity index (χ1v) is 10.6. The summed E-state index contributed by atoms with van der Waals surface area (Å²) in [5.74, 6) is 1.96. The van der Waals surface area contributed by atoms with Crippen molar-refractivity contribution in [1.82, 2.24) is 30.3 Å². The highest BCUT2D eigenvalue weighted by atomic mass is 16.5. The van der Waals surface area contributed by atoms with Crippen molar-refractivity contribution in [3.05, 3.63) is 66.3 Å². The first-order chi connectivity index (χ1) is 15.2. The fourth-order valence-electron chi connectivity index (χ4n) is 3.98. The van der Waals surface area contributed by atoms with Crippen LogP contribution in [-0.4, -0.2) is 44.0 Å². The lowest BCUT2D eigenvalue weighted by atomic mass is 9.96. The number of hydrogen-bond acceptors (Lipinski definition) is 6. The number of fused-ring (bicyclic) bond motifs is 1. The van der Waals surface area contributed by atoms with Gasteiger partial charge in [0.2, 0.25) is 17.6 Å². The Labute approximate surface area is 179 Å². The maximum atomic E-state index is 12.6. The maximum Gasteiger partial charge on any atom is 0.246 e. The zero-order valence-electron chi connectivity index (χ0n) is 17.1. The average molecular weight is 416 g/mol. The van der Waals surface area contributed by atoms with Crippen LogP contribution in [0.25, 0.3) is 22.4 Å². The van der Waals surface area contributed by atoms with Crippen LogP contribution in [0.15, 0.2) is 59.1 Å². The van der Waals surface area contributed by atoms with E-state index in [0.717, 1.165) is 54.9 Å². The summed E-state index contributed by atoms with van der Waals surface area (Å²) >= 11 is 0. The van der Waals surface area contributed by atoms with E-state index in [-0.39, 0.29) is 18.4 Å². The third kappa shape index (κ3) is 4.49. The highest BCUT2D eigenvalue weighted by molar-refractivity contribution is 5.78. The van der Waals surface area contributed by atoms with E-state index in [1.807, 2.05) is 54.6 Å². The zero-order valence-corrected chi connectivity index (χ0v) is 17.1. The molecule has 2 aromatic carbocycles. The van der Waals surface area contributed by atoms with Crippen LogP contribution in [0.1, 0.15) is 24.6 Å². The van der Waals surface area contributed by atoms with Crippen molar-refractivity contribution < 1.29 is 9.32 Å². The molecule has 158 valence electrons. The van der Waals surface area contributed by atoms with Gasteiger partial charge in [-0.05, 0) is 38.1 Å². The average Bonchev–Trinajstić information content (AvgIpc) is 3.45. The number of para-hydroxylation sites is 2. The van der Waals surface area contributed by atoms with E-state index in [1.165, 1.54) is 0 Å². The standard InChI is InChI=1S/C23H24N6O2/c30-23(24-14-21-27-22(28-31-21)16-6-2-1-3-7-16)17-10-12-29(13-11-17)15-20-25-18-8-4-5-9-19(18)26-20/h1-9,17H,10-15H2,(H,24,30)(H,25,26). The summed E-state index contributed by atoms with van der Waals surface area (Å²) in [6.07, 6.45) is 1.65. The summed E-state index contributed by atoms with van der Waals surface area (Å²) in [6, 6.07) is 17.7. The molecular formula is C23H24N6O2. The smallest absolute Gasteiger partial charge is 0.246 e. The van der Waals surface area contributed by atoms with Crippen LogP contribution in [0, 0.1) is 5.92 Å². The van der Waals surface area contributed by atoms with Gasteiger partial charge in [-0.1, -0.05) is 47.6 Å². The molecule has 8 nitrogen and oxygen atoms in total. The van der Waals surface area contributed by atoms with Crippen molar-refractivity contribution in [1.29, 1.82) is 0 Å². The van der Waals surface area contributed by atoms with Crippen molar-refractivity contribution in [3.63, 3.8) is 0 Å². The van der Waals surface area contributed by atoms with Gasteiger partial charge in [-0.2, -0.15) is 4.98 Å². The van der Waals surface area contributed by atoms with Gasteiger partial charge in [-0.25, -0.2) is 4.98 Å². The van der Waals surface area contributed by atoms with Crippen molar-refractivity contribution in [2.75, 3.05) is 13.1 Å². The van der Waals surface area contributed by atoms with Gasteiger partial charge in [0.05, 0.1) is 24.1 Å². The van der Waals surface area contributed by atoms with Crippen LogP contribution in [0.5, 0.6) is 0 Å². The lowest BCUT2D eigenvalue weighted by Gasteiger charge is -2.30. The Balaban J connectivity index is 1.10. The largest absolute Gasteiger partial charge is 0.347 e. The molecule has 1 amide bonds. The van der Waals surface area contributed by atoms with Crippen LogP contribution >= 0.6 is 0 Å². The molecule has 1 aliphatic heterocycles. The summed E-state index contributed by atoms with van der Waals surface area (Å²) in [5, 5.41) is 6.93. The molecule has 0 spiro atoms. The van der Waals surface area contributed by atoms with E-state index in [2.05, 4.69) is 30.3 Å². The number of rotatable bonds is 6. The summed E-state index contributed by atoms with van der Waals surface area (Å²) < 4.78 is 5.27. The van der Waals surface area contributed by atoms with E-state index in [0.29, 0.717) is 11.7 Å². The van der Waals surface area contributed by atoms with Crippen LogP contribution in [0.2, 0.25) is 0 Å². The molecule has 1 saturated heterocycles. The Morgan fingerprint density at radius 1 is 1.06 bits per heavy atom. The van der Waals surface area contributed by atoms with Gasteiger partial charge in [-0.3, -0.25) is 9.69 Å². The number of carbonyl (C=O) groups is 1. The van der Waals surface area contributed by atoms with Gasteiger partial charge >= 0.3 is 0 Å². The fraction of sp³-hybridized carbons (Fsp3) is 0.304. The van der Waals surface area contributed by atoms with Crippen molar-refractivity contribution >= 4 is 16.9 Å². The van der Waals surface area contributed by atoms with Crippen molar-refractivity contribution in [2.45, 2.75) is 25.9 Å². The number of H-pyrrole nitrogens is 1. The summed E-state index contributed by atoms with van der Waals surface area (Å²) in [4.78, 5) is 27.3. The summed E-state index contributed by atoms with van der Waals surface area (Å²) in [6.45, 7) is 2.76. The van der Waals surface area contributed by atoms with Gasteiger partial charge in [0.15, 0.2) is 0 Å². The minimum absolute atomic E-state index is 0.00318. The molecule has 0 bridgehead atoms. The monoisotopic (exact) mass is 416 g/mol. The molecule has 8 heteroatoms. The molecule has 0 aliphatic carbocycles. The number of piperidine rings is 1. The second kappa shape index (κ2) is 8.69. The quantitative estimate of drug-likeness (QED) is 0.501. The third-order valence-electron chi connectivity index (χ3n) is 5.68. The summed E-state index contributed by atoms with van der Waals surface area (Å²) in [5.41, 5.74) is 2.94. The first-order valence-electron chi connectivity index (χ1n) is 10.6.